The Hall–Kier alpha value is -2.41. The van der Waals surface area contributed by atoms with Crippen molar-refractivity contribution in [2.45, 2.75) is 37.1 Å². The highest BCUT2D eigenvalue weighted by Gasteiger charge is 2.35. The molecule has 3 aromatic rings. The summed E-state index contributed by atoms with van der Waals surface area (Å²) in [7, 11) is -2.07. The Labute approximate surface area is 188 Å². The van der Waals surface area contributed by atoms with Crippen molar-refractivity contribution >= 4 is 21.6 Å². The predicted octanol–water partition coefficient (Wildman–Crippen LogP) is 5.63. The number of halogens is 1. The van der Waals surface area contributed by atoms with Crippen molar-refractivity contribution in [3.05, 3.63) is 77.1 Å². The lowest BCUT2D eigenvalue weighted by Crippen LogP contribution is -2.38. The first kappa shape index (κ1) is 21.8. The van der Waals surface area contributed by atoms with E-state index < -0.39 is 10.0 Å². The molecule has 2 heterocycles. The molecule has 1 unspecified atom stereocenters. The fraction of sp³-hybridized carbons (Fsp3) is 0.292. The molecule has 162 valence electrons. The fourth-order valence-corrected chi connectivity index (χ4v) is 6.38. The van der Waals surface area contributed by atoms with E-state index in [0.29, 0.717) is 22.9 Å². The van der Waals surface area contributed by atoms with Crippen molar-refractivity contribution in [3.8, 4) is 16.9 Å². The molecule has 1 atom stereocenters. The zero-order valence-corrected chi connectivity index (χ0v) is 19.2. The van der Waals surface area contributed by atoms with E-state index in [1.807, 2.05) is 24.3 Å². The van der Waals surface area contributed by atoms with Gasteiger partial charge in [0.25, 0.3) is 0 Å². The van der Waals surface area contributed by atoms with Gasteiger partial charge in [-0.1, -0.05) is 42.3 Å². The topological polar surface area (TPSA) is 59.5 Å². The van der Waals surface area contributed by atoms with Crippen LogP contribution in [0.5, 0.6) is 5.75 Å². The molecule has 0 bridgehead atoms. The van der Waals surface area contributed by atoms with Crippen LogP contribution in [0.2, 0.25) is 5.02 Å². The van der Waals surface area contributed by atoms with Crippen molar-refractivity contribution in [1.82, 2.24) is 9.29 Å². The van der Waals surface area contributed by atoms with Gasteiger partial charge in [0.05, 0.1) is 24.2 Å². The number of hydrogen-bond donors (Lipinski definition) is 0. The number of pyridine rings is 1. The van der Waals surface area contributed by atoms with Crippen LogP contribution in [0.1, 0.15) is 36.4 Å². The van der Waals surface area contributed by atoms with E-state index in [-0.39, 0.29) is 10.9 Å². The minimum Gasteiger partial charge on any atom is -0.494 e. The number of rotatable bonds is 5. The van der Waals surface area contributed by atoms with Gasteiger partial charge in [0.1, 0.15) is 5.75 Å². The van der Waals surface area contributed by atoms with E-state index in [0.717, 1.165) is 36.0 Å². The first-order valence-corrected chi connectivity index (χ1v) is 12.1. The zero-order valence-electron chi connectivity index (χ0n) is 17.6. The predicted molar refractivity (Wildman–Crippen MR) is 123 cm³/mol. The Morgan fingerprint density at radius 2 is 1.94 bits per heavy atom. The molecule has 4 rings (SSSR count). The number of hydrogen-bond acceptors (Lipinski definition) is 4. The van der Waals surface area contributed by atoms with Gasteiger partial charge < -0.3 is 4.74 Å². The highest BCUT2D eigenvalue weighted by molar-refractivity contribution is 7.89. The summed E-state index contributed by atoms with van der Waals surface area (Å²) in [6.07, 6.45) is 6.00. The first-order chi connectivity index (χ1) is 14.9. The molecule has 0 amide bonds. The minimum absolute atomic E-state index is 0.232. The van der Waals surface area contributed by atoms with E-state index in [1.54, 1.807) is 48.9 Å². The molecule has 1 aromatic heterocycles. The molecule has 5 nitrogen and oxygen atoms in total. The number of aromatic nitrogens is 1. The summed E-state index contributed by atoms with van der Waals surface area (Å²) in [6.45, 7) is 2.24. The molecule has 0 aliphatic carbocycles. The third-order valence-corrected chi connectivity index (χ3v) is 8.31. The normalized spacial score (nSPS) is 17.5. The quantitative estimate of drug-likeness (QED) is 0.498. The Morgan fingerprint density at radius 3 is 2.74 bits per heavy atom. The van der Waals surface area contributed by atoms with Crippen molar-refractivity contribution in [2.75, 3.05) is 13.7 Å². The van der Waals surface area contributed by atoms with Crippen molar-refractivity contribution in [2.24, 2.45) is 0 Å². The second kappa shape index (κ2) is 8.99. The van der Waals surface area contributed by atoms with Crippen molar-refractivity contribution in [1.29, 1.82) is 0 Å². The summed E-state index contributed by atoms with van der Waals surface area (Å²) in [5.41, 5.74) is 3.46. The van der Waals surface area contributed by atoms with E-state index in [2.05, 4.69) is 11.1 Å². The van der Waals surface area contributed by atoms with Gasteiger partial charge in [-0.25, -0.2) is 8.42 Å². The Balaban J connectivity index is 1.76. The van der Waals surface area contributed by atoms with Gasteiger partial charge in [-0.15, -0.1) is 0 Å². The standard InChI is InChI=1S/C24H25ClN2O3S/c1-17-21(25)9-6-11-24(17)31(28,29)27-14-4-3-10-22(27)19-8-5-7-18(15-19)20-12-13-26-16-23(20)30-2/h5-9,11-13,15-16,22H,3-4,10,14H2,1-2H3. The van der Waals surface area contributed by atoms with Gasteiger partial charge in [-0.2, -0.15) is 4.31 Å². The molecule has 2 aromatic carbocycles. The van der Waals surface area contributed by atoms with E-state index in [9.17, 15) is 8.42 Å². The second-order valence-electron chi connectivity index (χ2n) is 7.69. The number of ether oxygens (including phenoxy) is 1. The summed E-state index contributed by atoms with van der Waals surface area (Å²) in [5.74, 6) is 0.683. The van der Waals surface area contributed by atoms with Crippen LogP contribution >= 0.6 is 11.6 Å². The molecule has 1 saturated heterocycles. The molecule has 0 radical (unpaired) electrons. The SMILES string of the molecule is COc1cnccc1-c1cccc(C2CCCCN2S(=O)(=O)c2cccc(Cl)c2C)c1. The maximum atomic E-state index is 13.6. The Kier molecular flexibility index (Phi) is 6.32. The summed E-state index contributed by atoms with van der Waals surface area (Å²) >= 11 is 6.23. The smallest absolute Gasteiger partial charge is 0.243 e. The molecular formula is C24H25ClN2O3S. The molecule has 0 saturated carbocycles. The Bertz CT molecular complexity index is 1200. The monoisotopic (exact) mass is 456 g/mol. The third-order valence-electron chi connectivity index (χ3n) is 5.85. The molecule has 0 spiro atoms. The summed E-state index contributed by atoms with van der Waals surface area (Å²) in [6, 6.07) is 14.8. The van der Waals surface area contributed by atoms with E-state index in [4.69, 9.17) is 16.3 Å². The molecule has 1 aliphatic heterocycles. The average Bonchev–Trinajstić information content (AvgIpc) is 2.80. The van der Waals surface area contributed by atoms with E-state index >= 15 is 0 Å². The van der Waals surface area contributed by atoms with E-state index in [1.165, 1.54) is 0 Å². The van der Waals surface area contributed by atoms with Crippen LogP contribution in [0.15, 0.2) is 65.8 Å². The van der Waals surface area contributed by atoms with Crippen LogP contribution in [0.25, 0.3) is 11.1 Å². The lowest BCUT2D eigenvalue weighted by molar-refractivity contribution is 0.256. The van der Waals surface area contributed by atoms with Crippen LogP contribution in [0.3, 0.4) is 0 Å². The van der Waals surface area contributed by atoms with Gasteiger partial charge in [-0.3, -0.25) is 4.98 Å². The van der Waals surface area contributed by atoms with Gasteiger partial charge in [0, 0.05) is 23.3 Å². The highest BCUT2D eigenvalue weighted by Crippen LogP contribution is 2.39. The van der Waals surface area contributed by atoms with Crippen LogP contribution in [-0.2, 0) is 10.0 Å². The average molecular weight is 457 g/mol. The largest absolute Gasteiger partial charge is 0.494 e. The van der Waals surface area contributed by atoms with Crippen LogP contribution < -0.4 is 4.74 Å². The maximum Gasteiger partial charge on any atom is 0.243 e. The summed E-state index contributed by atoms with van der Waals surface area (Å²) < 4.78 is 34.4. The fourth-order valence-electron chi connectivity index (χ4n) is 4.21. The molecule has 0 N–H and O–H groups in total. The number of methoxy groups -OCH3 is 1. The number of benzene rings is 2. The van der Waals surface area contributed by atoms with Gasteiger partial charge >= 0.3 is 0 Å². The minimum atomic E-state index is -3.69. The molecule has 31 heavy (non-hydrogen) atoms. The lowest BCUT2D eigenvalue weighted by Gasteiger charge is -2.35. The second-order valence-corrected chi connectivity index (χ2v) is 9.96. The lowest BCUT2D eigenvalue weighted by atomic mass is 9.94. The molecule has 7 heteroatoms. The Morgan fingerprint density at radius 1 is 1.13 bits per heavy atom. The maximum absolute atomic E-state index is 13.6. The molecule has 1 fully saturated rings. The van der Waals surface area contributed by atoms with Crippen molar-refractivity contribution in [3.63, 3.8) is 0 Å². The summed E-state index contributed by atoms with van der Waals surface area (Å²) in [5, 5.41) is 0.460. The number of sulfonamides is 1. The summed E-state index contributed by atoms with van der Waals surface area (Å²) in [4.78, 5) is 4.40. The van der Waals surface area contributed by atoms with Gasteiger partial charge in [-0.05, 0) is 60.7 Å². The zero-order chi connectivity index (χ0) is 22.0. The molecule has 1 aliphatic rings. The number of nitrogens with zero attached hydrogens (tertiary/aromatic N) is 2. The van der Waals surface area contributed by atoms with Gasteiger partial charge in [0.15, 0.2) is 0 Å². The number of piperidine rings is 1. The third kappa shape index (κ3) is 4.20. The van der Waals surface area contributed by atoms with Gasteiger partial charge in [0.2, 0.25) is 10.0 Å². The first-order valence-electron chi connectivity index (χ1n) is 10.3. The van der Waals surface area contributed by atoms with Crippen LogP contribution in [-0.4, -0.2) is 31.4 Å². The van der Waals surface area contributed by atoms with Crippen LogP contribution in [0.4, 0.5) is 0 Å². The van der Waals surface area contributed by atoms with Crippen molar-refractivity contribution < 1.29 is 13.2 Å². The van der Waals surface area contributed by atoms with Crippen LogP contribution in [0, 0.1) is 6.92 Å². The molecular weight excluding hydrogens is 432 g/mol. The highest BCUT2D eigenvalue weighted by atomic mass is 35.5.